The summed E-state index contributed by atoms with van der Waals surface area (Å²) in [6.07, 6.45) is 1.04. The zero-order valence-corrected chi connectivity index (χ0v) is 13.6. The molecule has 0 atom stereocenters. The Morgan fingerprint density at radius 1 is 1.21 bits per heavy atom. The predicted octanol–water partition coefficient (Wildman–Crippen LogP) is 2.69. The Kier molecular flexibility index (Phi) is 4.79. The van der Waals surface area contributed by atoms with Crippen LogP contribution >= 0.6 is 0 Å². The van der Waals surface area contributed by atoms with Gasteiger partial charge in [-0.3, -0.25) is 9.59 Å². The first-order valence-electron chi connectivity index (χ1n) is 8.02. The lowest BCUT2D eigenvalue weighted by atomic mass is 10.1. The molecule has 0 bridgehead atoms. The number of carbonyl (C=O) groups excluding carboxylic acids is 2. The summed E-state index contributed by atoms with van der Waals surface area (Å²) in [6.45, 7) is 2.91. The third-order valence-electron chi connectivity index (χ3n) is 3.92. The smallest absolute Gasteiger partial charge is 0.251 e. The molecule has 0 radical (unpaired) electrons. The molecule has 24 heavy (non-hydrogen) atoms. The Hall–Kier alpha value is -2.82. The van der Waals surface area contributed by atoms with E-state index >= 15 is 0 Å². The Bertz CT molecular complexity index is 754. The third-order valence-corrected chi connectivity index (χ3v) is 3.92. The predicted molar refractivity (Wildman–Crippen MR) is 92.4 cm³/mol. The summed E-state index contributed by atoms with van der Waals surface area (Å²) in [7, 11) is 0. The normalized spacial score (nSPS) is 13.3. The van der Waals surface area contributed by atoms with Crippen molar-refractivity contribution in [1.29, 1.82) is 0 Å². The van der Waals surface area contributed by atoms with Gasteiger partial charge in [0, 0.05) is 12.1 Å². The number of aryl methyl sites for hydroxylation is 1. The van der Waals surface area contributed by atoms with Crippen LogP contribution in [-0.2, 0) is 11.2 Å². The fraction of sp³-hybridized carbons (Fsp3) is 0.263. The Morgan fingerprint density at radius 3 is 2.79 bits per heavy atom. The maximum atomic E-state index is 12.1. The van der Waals surface area contributed by atoms with Crippen LogP contribution in [0.4, 0.5) is 5.69 Å². The van der Waals surface area contributed by atoms with Gasteiger partial charge in [0.25, 0.3) is 5.91 Å². The molecule has 5 nitrogen and oxygen atoms in total. The third kappa shape index (κ3) is 3.93. The molecule has 1 heterocycles. The molecule has 2 N–H and O–H groups in total. The molecule has 124 valence electrons. The summed E-state index contributed by atoms with van der Waals surface area (Å²) in [5.74, 6) is 0.563. The minimum Gasteiger partial charge on any atom is -0.491 e. The van der Waals surface area contributed by atoms with Gasteiger partial charge >= 0.3 is 0 Å². The maximum absolute atomic E-state index is 12.1. The van der Waals surface area contributed by atoms with E-state index in [9.17, 15) is 9.59 Å². The molecule has 3 rings (SSSR count). The average molecular weight is 324 g/mol. The first-order chi connectivity index (χ1) is 11.6. The van der Waals surface area contributed by atoms with Crippen molar-refractivity contribution in [3.8, 4) is 5.75 Å². The van der Waals surface area contributed by atoms with Crippen molar-refractivity contribution in [2.75, 3.05) is 18.5 Å². The second-order valence-electron chi connectivity index (χ2n) is 5.85. The Morgan fingerprint density at radius 2 is 2.00 bits per heavy atom. The van der Waals surface area contributed by atoms with Gasteiger partial charge in [-0.15, -0.1) is 0 Å². The van der Waals surface area contributed by atoms with Crippen LogP contribution in [0.3, 0.4) is 0 Å². The van der Waals surface area contributed by atoms with Crippen LogP contribution in [-0.4, -0.2) is 25.0 Å². The topological polar surface area (TPSA) is 67.4 Å². The molecule has 0 aliphatic carbocycles. The van der Waals surface area contributed by atoms with E-state index in [2.05, 4.69) is 10.6 Å². The van der Waals surface area contributed by atoms with E-state index < -0.39 is 0 Å². The highest BCUT2D eigenvalue weighted by Crippen LogP contribution is 2.28. The number of nitrogens with one attached hydrogen (secondary N) is 2. The van der Waals surface area contributed by atoms with Crippen molar-refractivity contribution in [2.45, 2.75) is 19.8 Å². The number of amides is 2. The summed E-state index contributed by atoms with van der Waals surface area (Å²) in [6, 6.07) is 13.2. The van der Waals surface area contributed by atoms with E-state index in [0.29, 0.717) is 43.0 Å². The van der Waals surface area contributed by atoms with Gasteiger partial charge in [0.1, 0.15) is 5.75 Å². The molecule has 1 aliphatic rings. The summed E-state index contributed by atoms with van der Waals surface area (Å²) in [5.41, 5.74) is 3.51. The van der Waals surface area contributed by atoms with Crippen LogP contribution in [0.15, 0.2) is 42.5 Å². The number of fused-ring (bicyclic) bond motifs is 1. The van der Waals surface area contributed by atoms with Crippen LogP contribution in [0.5, 0.6) is 5.75 Å². The molecular weight excluding hydrogens is 304 g/mol. The fourth-order valence-corrected chi connectivity index (χ4v) is 2.55. The van der Waals surface area contributed by atoms with Gasteiger partial charge in [0.2, 0.25) is 5.91 Å². The lowest BCUT2D eigenvalue weighted by Crippen LogP contribution is -2.25. The summed E-state index contributed by atoms with van der Waals surface area (Å²) in [4.78, 5) is 23.7. The standard InChI is InChI=1S/C19H20N2O3/c1-13-2-5-15(6-3-13)19(23)20-10-8-14-4-7-17-16(12-14)21-18(22)9-11-24-17/h2-7,12H,8-11H2,1H3,(H,20,23)(H,21,22). The van der Waals surface area contributed by atoms with Crippen molar-refractivity contribution in [2.24, 2.45) is 0 Å². The van der Waals surface area contributed by atoms with E-state index in [1.165, 1.54) is 0 Å². The highest BCUT2D eigenvalue weighted by Gasteiger charge is 2.14. The van der Waals surface area contributed by atoms with E-state index in [4.69, 9.17) is 4.74 Å². The average Bonchev–Trinajstić information content (AvgIpc) is 2.75. The molecule has 0 fully saturated rings. The summed E-state index contributed by atoms with van der Waals surface area (Å²) >= 11 is 0. The minimum absolute atomic E-state index is 0.0430. The number of hydrogen-bond acceptors (Lipinski definition) is 3. The highest BCUT2D eigenvalue weighted by atomic mass is 16.5. The molecule has 0 aromatic heterocycles. The molecule has 0 saturated carbocycles. The number of ether oxygens (including phenoxy) is 1. The van der Waals surface area contributed by atoms with Gasteiger partial charge in [-0.25, -0.2) is 0 Å². The van der Waals surface area contributed by atoms with Crippen molar-refractivity contribution in [3.05, 3.63) is 59.2 Å². The van der Waals surface area contributed by atoms with Crippen LogP contribution < -0.4 is 15.4 Å². The van der Waals surface area contributed by atoms with Crippen molar-refractivity contribution in [1.82, 2.24) is 5.32 Å². The monoisotopic (exact) mass is 324 g/mol. The van der Waals surface area contributed by atoms with Crippen LogP contribution in [0.2, 0.25) is 0 Å². The van der Waals surface area contributed by atoms with Crippen LogP contribution in [0, 0.1) is 6.92 Å². The first-order valence-corrected chi connectivity index (χ1v) is 8.02. The molecule has 2 aromatic rings. The van der Waals surface area contributed by atoms with Gasteiger partial charge in [0.05, 0.1) is 18.7 Å². The van der Waals surface area contributed by atoms with Crippen LogP contribution in [0.25, 0.3) is 0 Å². The zero-order chi connectivity index (χ0) is 16.9. The van der Waals surface area contributed by atoms with Gasteiger partial charge in [-0.2, -0.15) is 0 Å². The molecular formula is C19H20N2O3. The second-order valence-corrected chi connectivity index (χ2v) is 5.85. The van der Waals surface area contributed by atoms with Crippen molar-refractivity contribution >= 4 is 17.5 Å². The second kappa shape index (κ2) is 7.17. The molecule has 0 unspecified atom stereocenters. The molecule has 2 amide bonds. The summed E-state index contributed by atoms with van der Waals surface area (Å²) in [5, 5.41) is 5.75. The molecule has 5 heteroatoms. The van der Waals surface area contributed by atoms with Gasteiger partial charge in [0.15, 0.2) is 0 Å². The lowest BCUT2D eigenvalue weighted by Gasteiger charge is -2.10. The number of rotatable bonds is 4. The minimum atomic E-state index is -0.0820. The van der Waals surface area contributed by atoms with E-state index in [-0.39, 0.29) is 11.8 Å². The van der Waals surface area contributed by atoms with E-state index in [1.807, 2.05) is 49.4 Å². The van der Waals surface area contributed by atoms with Crippen molar-refractivity contribution in [3.63, 3.8) is 0 Å². The number of benzene rings is 2. The van der Waals surface area contributed by atoms with Gasteiger partial charge in [-0.05, 0) is 43.2 Å². The van der Waals surface area contributed by atoms with E-state index in [0.717, 1.165) is 11.1 Å². The molecule has 0 spiro atoms. The largest absolute Gasteiger partial charge is 0.491 e. The fourth-order valence-electron chi connectivity index (χ4n) is 2.55. The number of carbonyl (C=O) groups is 2. The molecule has 0 saturated heterocycles. The highest BCUT2D eigenvalue weighted by molar-refractivity contribution is 5.94. The van der Waals surface area contributed by atoms with Crippen LogP contribution in [0.1, 0.15) is 27.9 Å². The number of anilines is 1. The van der Waals surface area contributed by atoms with Gasteiger partial charge < -0.3 is 15.4 Å². The molecule has 2 aromatic carbocycles. The molecule has 1 aliphatic heterocycles. The zero-order valence-electron chi connectivity index (χ0n) is 13.6. The Labute approximate surface area is 141 Å². The van der Waals surface area contributed by atoms with E-state index in [1.54, 1.807) is 0 Å². The van der Waals surface area contributed by atoms with Gasteiger partial charge in [-0.1, -0.05) is 23.8 Å². The lowest BCUT2D eigenvalue weighted by molar-refractivity contribution is -0.116. The quantitative estimate of drug-likeness (QED) is 0.908. The first kappa shape index (κ1) is 16.1. The van der Waals surface area contributed by atoms with Crippen molar-refractivity contribution < 1.29 is 14.3 Å². The Balaban J connectivity index is 1.58. The SMILES string of the molecule is Cc1ccc(C(=O)NCCc2ccc3c(c2)NC(=O)CCO3)cc1. The number of hydrogen-bond donors (Lipinski definition) is 2. The summed E-state index contributed by atoms with van der Waals surface area (Å²) < 4.78 is 5.53. The maximum Gasteiger partial charge on any atom is 0.251 e.